The smallest absolute Gasteiger partial charge is 0.414 e. The van der Waals surface area contributed by atoms with Gasteiger partial charge in [0.1, 0.15) is 5.60 Å². The van der Waals surface area contributed by atoms with Gasteiger partial charge in [-0.25, -0.2) is 4.79 Å². The van der Waals surface area contributed by atoms with Gasteiger partial charge >= 0.3 is 6.09 Å². The molecule has 0 unspecified atom stereocenters. The molecule has 1 aliphatic heterocycles. The molecular formula is C15H21NO2S. The molecule has 3 nitrogen and oxygen atoms in total. The van der Waals surface area contributed by atoms with Crippen LogP contribution in [0, 0.1) is 0 Å². The fourth-order valence-corrected chi connectivity index (χ4v) is 2.85. The van der Waals surface area contributed by atoms with E-state index in [1.165, 1.54) is 11.1 Å². The fourth-order valence-electron chi connectivity index (χ4n) is 2.31. The van der Waals surface area contributed by atoms with Crippen molar-refractivity contribution in [3.05, 3.63) is 29.3 Å². The molecule has 0 spiro atoms. The Bertz CT molecular complexity index is 480. The lowest BCUT2D eigenvalue weighted by Crippen LogP contribution is -2.36. The average molecular weight is 279 g/mol. The first-order chi connectivity index (χ1) is 8.92. The van der Waals surface area contributed by atoms with Crippen molar-refractivity contribution in [2.24, 2.45) is 0 Å². The van der Waals surface area contributed by atoms with E-state index in [0.29, 0.717) is 0 Å². The molecule has 0 saturated heterocycles. The third-order valence-electron chi connectivity index (χ3n) is 2.99. The third-order valence-corrected chi connectivity index (χ3v) is 3.59. The molecule has 0 radical (unpaired) electrons. The monoisotopic (exact) mass is 279 g/mol. The second-order valence-electron chi connectivity index (χ2n) is 5.74. The number of rotatable bonds is 2. The number of carbonyl (C=O) groups excluding carboxylic acids is 1. The molecule has 1 heterocycles. The highest BCUT2D eigenvalue weighted by Gasteiger charge is 2.30. The molecule has 0 atom stereocenters. The quantitative estimate of drug-likeness (QED) is 0.823. The summed E-state index contributed by atoms with van der Waals surface area (Å²) in [6.07, 6.45) is 2.75. The zero-order valence-electron chi connectivity index (χ0n) is 12.0. The molecule has 104 valence electrons. The van der Waals surface area contributed by atoms with Crippen molar-refractivity contribution in [2.45, 2.75) is 38.5 Å². The second kappa shape index (κ2) is 5.45. The van der Waals surface area contributed by atoms with E-state index in [1.54, 1.807) is 16.7 Å². The number of ether oxygens (including phenoxy) is 1. The number of hydrogen-bond donors (Lipinski definition) is 0. The van der Waals surface area contributed by atoms with E-state index in [0.717, 1.165) is 24.4 Å². The molecule has 1 aromatic carbocycles. The van der Waals surface area contributed by atoms with Crippen LogP contribution in [0.2, 0.25) is 0 Å². The lowest BCUT2D eigenvalue weighted by molar-refractivity contribution is 0.0584. The van der Waals surface area contributed by atoms with Crippen LogP contribution >= 0.6 is 11.8 Å². The number of amides is 1. The van der Waals surface area contributed by atoms with Gasteiger partial charge in [0, 0.05) is 12.3 Å². The van der Waals surface area contributed by atoms with Gasteiger partial charge in [0.05, 0.1) is 5.69 Å². The maximum absolute atomic E-state index is 12.3. The number of anilines is 1. The van der Waals surface area contributed by atoms with E-state index in [4.69, 9.17) is 4.74 Å². The highest BCUT2D eigenvalue weighted by Crippen LogP contribution is 2.34. The number of nitrogens with zero attached hydrogens (tertiary/aromatic N) is 1. The highest BCUT2D eigenvalue weighted by atomic mass is 32.2. The minimum Gasteiger partial charge on any atom is -0.443 e. The Hall–Kier alpha value is -1.16. The fraction of sp³-hybridized carbons (Fsp3) is 0.533. The maximum Gasteiger partial charge on any atom is 0.414 e. The molecule has 4 heteroatoms. The molecule has 0 aliphatic carbocycles. The Labute approximate surface area is 119 Å². The molecule has 0 aromatic heterocycles. The first-order valence-corrected chi connectivity index (χ1v) is 7.92. The summed E-state index contributed by atoms with van der Waals surface area (Å²) in [5, 5.41) is 0. The van der Waals surface area contributed by atoms with Crippen LogP contribution in [0.1, 0.15) is 31.9 Å². The van der Waals surface area contributed by atoms with E-state index in [2.05, 4.69) is 24.5 Å². The summed E-state index contributed by atoms with van der Waals surface area (Å²) >= 11 is 1.77. The Morgan fingerprint density at radius 3 is 2.79 bits per heavy atom. The molecule has 0 saturated carbocycles. The minimum absolute atomic E-state index is 0.236. The zero-order valence-corrected chi connectivity index (χ0v) is 12.8. The summed E-state index contributed by atoms with van der Waals surface area (Å²) in [7, 11) is 0. The lowest BCUT2D eigenvalue weighted by atomic mass is 10.1. The largest absolute Gasteiger partial charge is 0.443 e. The Morgan fingerprint density at radius 2 is 2.16 bits per heavy atom. The predicted octanol–water partition coefficient (Wildman–Crippen LogP) is 3.85. The number of hydrogen-bond acceptors (Lipinski definition) is 3. The number of benzene rings is 1. The van der Waals surface area contributed by atoms with Crippen molar-refractivity contribution < 1.29 is 9.53 Å². The van der Waals surface area contributed by atoms with Crippen molar-refractivity contribution in [1.29, 1.82) is 0 Å². The van der Waals surface area contributed by atoms with Crippen molar-refractivity contribution in [3.63, 3.8) is 0 Å². The van der Waals surface area contributed by atoms with Gasteiger partial charge in [0.15, 0.2) is 0 Å². The van der Waals surface area contributed by atoms with Gasteiger partial charge in [0.25, 0.3) is 0 Å². The van der Waals surface area contributed by atoms with E-state index in [-0.39, 0.29) is 6.09 Å². The number of thioether (sulfide) groups is 1. The van der Waals surface area contributed by atoms with Crippen molar-refractivity contribution in [3.8, 4) is 0 Å². The summed E-state index contributed by atoms with van der Waals surface area (Å²) in [6, 6.07) is 6.27. The van der Waals surface area contributed by atoms with Crippen LogP contribution in [0.4, 0.5) is 10.5 Å². The van der Waals surface area contributed by atoms with Gasteiger partial charge in [-0.1, -0.05) is 18.2 Å². The Kier molecular flexibility index (Phi) is 4.09. The Balaban J connectivity index is 2.27. The first kappa shape index (κ1) is 14.3. The van der Waals surface area contributed by atoms with Crippen molar-refractivity contribution in [2.75, 3.05) is 17.7 Å². The SMILES string of the molecule is CSCc1cccc2c1N(C(=O)OC(C)(C)C)CC2. The molecule has 0 N–H and O–H groups in total. The lowest BCUT2D eigenvalue weighted by Gasteiger charge is -2.26. The van der Waals surface area contributed by atoms with Crippen LogP contribution in [0.25, 0.3) is 0 Å². The van der Waals surface area contributed by atoms with Crippen LogP contribution in [-0.4, -0.2) is 24.5 Å². The van der Waals surface area contributed by atoms with Gasteiger partial charge < -0.3 is 4.74 Å². The maximum atomic E-state index is 12.3. The van der Waals surface area contributed by atoms with Crippen molar-refractivity contribution >= 4 is 23.5 Å². The summed E-state index contributed by atoms with van der Waals surface area (Å²) < 4.78 is 5.49. The standard InChI is InChI=1S/C15H21NO2S/c1-15(2,3)18-14(17)16-9-8-11-6-5-7-12(10-19-4)13(11)16/h5-7H,8-10H2,1-4H3. The molecule has 1 amide bonds. The second-order valence-corrected chi connectivity index (χ2v) is 6.61. The van der Waals surface area contributed by atoms with Crippen LogP contribution in [-0.2, 0) is 16.9 Å². The third kappa shape index (κ3) is 3.24. The average Bonchev–Trinajstić information content (AvgIpc) is 2.72. The summed E-state index contributed by atoms with van der Waals surface area (Å²) in [5.74, 6) is 0.919. The summed E-state index contributed by atoms with van der Waals surface area (Å²) in [5.41, 5.74) is 3.07. The predicted molar refractivity (Wildman–Crippen MR) is 80.9 cm³/mol. The van der Waals surface area contributed by atoms with Gasteiger partial charge in [-0.3, -0.25) is 4.90 Å². The van der Waals surface area contributed by atoms with E-state index >= 15 is 0 Å². The van der Waals surface area contributed by atoms with Gasteiger partial charge in [-0.15, -0.1) is 0 Å². The highest BCUT2D eigenvalue weighted by molar-refractivity contribution is 7.97. The van der Waals surface area contributed by atoms with Crippen molar-refractivity contribution in [1.82, 2.24) is 0 Å². The zero-order chi connectivity index (χ0) is 14.0. The topological polar surface area (TPSA) is 29.5 Å². The van der Waals surface area contributed by atoms with Gasteiger partial charge in [-0.05, 0) is 44.6 Å². The van der Waals surface area contributed by atoms with E-state index in [1.807, 2.05) is 20.8 Å². The minimum atomic E-state index is -0.450. The molecule has 19 heavy (non-hydrogen) atoms. The molecule has 2 rings (SSSR count). The number of fused-ring (bicyclic) bond motifs is 1. The van der Waals surface area contributed by atoms with Crippen LogP contribution in [0.15, 0.2) is 18.2 Å². The van der Waals surface area contributed by atoms with E-state index in [9.17, 15) is 4.79 Å². The van der Waals surface area contributed by atoms with Crippen LogP contribution < -0.4 is 4.90 Å². The first-order valence-electron chi connectivity index (χ1n) is 6.52. The normalized spacial score (nSPS) is 14.4. The molecule has 1 aromatic rings. The Morgan fingerprint density at radius 1 is 1.42 bits per heavy atom. The van der Waals surface area contributed by atoms with Gasteiger partial charge in [-0.2, -0.15) is 11.8 Å². The summed E-state index contributed by atoms with van der Waals surface area (Å²) in [4.78, 5) is 14.1. The van der Waals surface area contributed by atoms with Gasteiger partial charge in [0.2, 0.25) is 0 Å². The van der Waals surface area contributed by atoms with Crippen LogP contribution in [0.5, 0.6) is 0 Å². The molecular weight excluding hydrogens is 258 g/mol. The number of carbonyl (C=O) groups is 1. The van der Waals surface area contributed by atoms with E-state index < -0.39 is 5.60 Å². The summed E-state index contributed by atoms with van der Waals surface area (Å²) in [6.45, 7) is 6.41. The number of para-hydroxylation sites is 1. The van der Waals surface area contributed by atoms with Crippen LogP contribution in [0.3, 0.4) is 0 Å². The molecule has 0 bridgehead atoms. The molecule has 1 aliphatic rings. The molecule has 0 fully saturated rings.